The summed E-state index contributed by atoms with van der Waals surface area (Å²) in [7, 11) is 0. The second-order valence-electron chi connectivity index (χ2n) is 2.79. The quantitative estimate of drug-likeness (QED) is 0.478. The molecule has 1 aliphatic heterocycles. The molecule has 51 valence electrons. The summed E-state index contributed by atoms with van der Waals surface area (Å²) in [5.41, 5.74) is 2.79. The molecule has 1 nitrogen and oxygen atoms in total. The number of hydrogen-bond acceptors (Lipinski definition) is 1. The second-order valence-corrected chi connectivity index (χ2v) is 2.79. The van der Waals surface area contributed by atoms with Crippen LogP contribution < -0.4 is 4.99 Å². The first-order valence-corrected chi connectivity index (χ1v) is 3.88. The van der Waals surface area contributed by atoms with Crippen LogP contribution in [0.15, 0.2) is 23.9 Å². The van der Waals surface area contributed by atoms with E-state index < -0.39 is 0 Å². The number of nitrogens with zero attached hydrogens (tertiary/aromatic N) is 1. The lowest BCUT2D eigenvalue weighted by Crippen LogP contribution is -2.14. The number of fused-ring (bicyclic) bond motifs is 1. The third kappa shape index (κ3) is 0.919. The highest BCUT2D eigenvalue weighted by molar-refractivity contribution is 6.01. The summed E-state index contributed by atoms with van der Waals surface area (Å²) in [4.78, 5) is 4.32. The maximum atomic E-state index is 4.32. The average molecular weight is 133 g/mol. The molecule has 0 aromatic heterocycles. The molecular formula is C9H11N+. The van der Waals surface area contributed by atoms with E-state index in [-0.39, 0.29) is 0 Å². The summed E-state index contributed by atoms with van der Waals surface area (Å²) < 4.78 is 0. The molecule has 0 bridgehead atoms. The monoisotopic (exact) mass is 133 g/mol. The zero-order valence-corrected chi connectivity index (χ0v) is 6.01. The van der Waals surface area contributed by atoms with E-state index in [1.807, 2.05) is 6.20 Å². The Bertz CT molecular complexity index is 221. The normalized spacial score (nSPS) is 23.2. The van der Waals surface area contributed by atoms with Crippen molar-refractivity contribution in [1.29, 1.82) is 0 Å². The van der Waals surface area contributed by atoms with Gasteiger partial charge in [-0.3, -0.25) is 0 Å². The van der Waals surface area contributed by atoms with Crippen LogP contribution in [0.4, 0.5) is 0 Å². The van der Waals surface area contributed by atoms with Crippen molar-refractivity contribution in [3.05, 3.63) is 23.9 Å². The van der Waals surface area contributed by atoms with Crippen LogP contribution in [0.3, 0.4) is 0 Å². The van der Waals surface area contributed by atoms with Gasteiger partial charge in [0.25, 0.3) is 5.71 Å². The van der Waals surface area contributed by atoms with Crippen molar-refractivity contribution in [2.75, 3.05) is 0 Å². The number of rotatable bonds is 0. The van der Waals surface area contributed by atoms with Crippen molar-refractivity contribution in [2.45, 2.75) is 25.7 Å². The lowest BCUT2D eigenvalue weighted by atomic mass is 9.94. The topological polar surface area (TPSA) is 14.1 Å². The van der Waals surface area contributed by atoms with Crippen molar-refractivity contribution in [2.24, 2.45) is 0 Å². The first-order chi connectivity index (χ1) is 4.97. The fraction of sp³-hybridized carbons (Fsp3) is 0.444. The molecule has 0 aromatic rings. The molecule has 1 heterocycles. The third-order valence-electron chi connectivity index (χ3n) is 2.05. The molecule has 1 radical (unpaired) electrons. The van der Waals surface area contributed by atoms with Crippen LogP contribution in [0.25, 0.3) is 0 Å². The van der Waals surface area contributed by atoms with Crippen molar-refractivity contribution in [1.82, 2.24) is 4.99 Å². The van der Waals surface area contributed by atoms with E-state index in [1.54, 1.807) is 0 Å². The molecule has 10 heavy (non-hydrogen) atoms. The van der Waals surface area contributed by atoms with Crippen LogP contribution in [0.1, 0.15) is 25.7 Å². The molecular weight excluding hydrogens is 122 g/mol. The molecule has 2 rings (SSSR count). The molecule has 1 aliphatic carbocycles. The van der Waals surface area contributed by atoms with Crippen molar-refractivity contribution >= 4 is 5.71 Å². The van der Waals surface area contributed by atoms with Crippen LogP contribution in [0.5, 0.6) is 0 Å². The predicted octanol–water partition coefficient (Wildman–Crippen LogP) is 1.79. The molecule has 1 heteroatoms. The minimum atomic E-state index is 1.11. The number of allylic oxidation sites excluding steroid dienone is 3. The van der Waals surface area contributed by atoms with E-state index in [4.69, 9.17) is 0 Å². The first-order valence-electron chi connectivity index (χ1n) is 3.88. The predicted molar refractivity (Wildman–Crippen MR) is 42.8 cm³/mol. The molecule has 0 N–H and O–H groups in total. The average Bonchev–Trinajstić information content (AvgIpc) is 2.05. The molecule has 0 atom stereocenters. The minimum absolute atomic E-state index is 1.11. The Kier molecular flexibility index (Phi) is 1.42. The van der Waals surface area contributed by atoms with E-state index in [0.29, 0.717) is 0 Å². The van der Waals surface area contributed by atoms with Gasteiger partial charge in [-0.1, -0.05) is 6.08 Å². The Balaban J connectivity index is 2.32. The van der Waals surface area contributed by atoms with Crippen LogP contribution in [-0.2, 0) is 0 Å². The fourth-order valence-corrected chi connectivity index (χ4v) is 1.50. The summed E-state index contributed by atoms with van der Waals surface area (Å²) in [5, 5.41) is 0. The number of hydrogen-bond donors (Lipinski definition) is 0. The highest BCUT2D eigenvalue weighted by atomic mass is 14.7. The Morgan fingerprint density at radius 2 is 2.40 bits per heavy atom. The molecule has 0 amide bonds. The maximum absolute atomic E-state index is 4.32. The van der Waals surface area contributed by atoms with Crippen molar-refractivity contribution in [3.8, 4) is 0 Å². The molecule has 0 spiro atoms. The van der Waals surface area contributed by atoms with Gasteiger partial charge in [0.2, 0.25) is 6.20 Å². The third-order valence-corrected chi connectivity index (χ3v) is 2.05. The molecule has 2 aliphatic rings. The summed E-state index contributed by atoms with van der Waals surface area (Å²) in [6, 6.07) is 0. The summed E-state index contributed by atoms with van der Waals surface area (Å²) in [5.74, 6) is 0. The van der Waals surface area contributed by atoms with Gasteiger partial charge in [-0.25, -0.2) is 0 Å². The lowest BCUT2D eigenvalue weighted by Gasteiger charge is -2.07. The molecule has 0 unspecified atom stereocenters. The lowest BCUT2D eigenvalue weighted by molar-refractivity contribution is 0.849. The van der Waals surface area contributed by atoms with Gasteiger partial charge in [-0.2, -0.15) is 0 Å². The fourth-order valence-electron chi connectivity index (χ4n) is 1.50. The van der Waals surface area contributed by atoms with E-state index in [0.717, 1.165) is 6.42 Å². The smallest absolute Gasteiger partial charge is 0.0745 e. The van der Waals surface area contributed by atoms with Crippen LogP contribution in [0, 0.1) is 0 Å². The zero-order valence-electron chi connectivity index (χ0n) is 6.01. The Morgan fingerprint density at radius 1 is 1.40 bits per heavy atom. The van der Waals surface area contributed by atoms with Crippen LogP contribution in [-0.4, -0.2) is 5.71 Å². The van der Waals surface area contributed by atoms with Crippen molar-refractivity contribution in [3.63, 3.8) is 0 Å². The van der Waals surface area contributed by atoms with Gasteiger partial charge < -0.3 is 0 Å². The van der Waals surface area contributed by atoms with E-state index in [9.17, 15) is 0 Å². The number of aliphatic imine (C=N–C) groups is 1. The van der Waals surface area contributed by atoms with Crippen molar-refractivity contribution < 1.29 is 0 Å². The zero-order chi connectivity index (χ0) is 6.81. The van der Waals surface area contributed by atoms with Crippen LogP contribution in [0.2, 0.25) is 0 Å². The molecule has 0 saturated heterocycles. The van der Waals surface area contributed by atoms with Gasteiger partial charge in [0, 0.05) is 18.4 Å². The SMILES string of the molecule is C1=C[N+]=C2CCCC=C2C1. The van der Waals surface area contributed by atoms with Gasteiger partial charge in [-0.15, -0.1) is 0 Å². The van der Waals surface area contributed by atoms with E-state index in [1.165, 1.54) is 30.5 Å². The van der Waals surface area contributed by atoms with E-state index in [2.05, 4.69) is 17.1 Å². The van der Waals surface area contributed by atoms with Crippen LogP contribution >= 0.6 is 0 Å². The standard InChI is InChI=1S/C9H11N/c1-2-6-9-8(4-1)5-3-7-10-9/h3-4,7H,1-2,5-6H2/q+1. The van der Waals surface area contributed by atoms with Gasteiger partial charge in [0.05, 0.1) is 4.99 Å². The highest BCUT2D eigenvalue weighted by Crippen LogP contribution is 2.18. The van der Waals surface area contributed by atoms with Gasteiger partial charge in [0.15, 0.2) is 0 Å². The van der Waals surface area contributed by atoms with Gasteiger partial charge in [0.1, 0.15) is 0 Å². The highest BCUT2D eigenvalue weighted by Gasteiger charge is 2.20. The largest absolute Gasteiger partial charge is 0.257 e. The Labute approximate surface area is 61.2 Å². The minimum Gasteiger partial charge on any atom is -0.0745 e. The molecule has 0 aromatic carbocycles. The summed E-state index contributed by atoms with van der Waals surface area (Å²) >= 11 is 0. The van der Waals surface area contributed by atoms with Gasteiger partial charge >= 0.3 is 0 Å². The second kappa shape index (κ2) is 2.41. The molecule has 0 fully saturated rings. The molecule has 0 saturated carbocycles. The Morgan fingerprint density at radius 3 is 3.30 bits per heavy atom. The summed E-state index contributed by atoms with van der Waals surface area (Å²) in [6.45, 7) is 0. The Hall–Kier alpha value is -0.850. The maximum Gasteiger partial charge on any atom is 0.257 e. The summed E-state index contributed by atoms with van der Waals surface area (Å²) in [6.07, 6.45) is 11.2. The van der Waals surface area contributed by atoms with Gasteiger partial charge in [-0.05, 0) is 18.9 Å². The van der Waals surface area contributed by atoms with E-state index >= 15 is 0 Å². The first kappa shape index (κ1) is 5.90.